The first-order valence-corrected chi connectivity index (χ1v) is 8.70. The van der Waals surface area contributed by atoms with E-state index in [0.717, 1.165) is 12.5 Å². The molecule has 19 heavy (non-hydrogen) atoms. The van der Waals surface area contributed by atoms with Gasteiger partial charge in [-0.3, -0.25) is 0 Å². The average molecular weight is 318 g/mol. The molecule has 106 valence electrons. The van der Waals surface area contributed by atoms with Crippen LogP contribution in [-0.4, -0.2) is 22.8 Å². The molecule has 0 aliphatic heterocycles. The molecule has 0 radical (unpaired) electrons. The maximum absolute atomic E-state index is 5.40. The minimum absolute atomic E-state index is 0. The van der Waals surface area contributed by atoms with E-state index in [-0.39, 0.29) is 17.1 Å². The molecule has 2 aromatic carbocycles. The summed E-state index contributed by atoms with van der Waals surface area (Å²) in [6, 6.07) is 19.4. The molecule has 2 aromatic rings. The third-order valence-electron chi connectivity index (χ3n) is 3.02. The Hall–Kier alpha value is -0.644. The van der Waals surface area contributed by atoms with E-state index in [4.69, 9.17) is 8.85 Å². The SMILES string of the molecule is CO[Si](C)(CC[c-]1cccc1)OC.[Fe+2].c1cc[cH-]c1. The van der Waals surface area contributed by atoms with Crippen molar-refractivity contribution in [3.05, 3.63) is 60.2 Å². The Bertz CT molecular complexity index is 363. The number of hydrogen-bond donors (Lipinski definition) is 0. The Kier molecular flexibility index (Phi) is 9.84. The zero-order chi connectivity index (χ0) is 13.3. The van der Waals surface area contributed by atoms with Gasteiger partial charge in [0, 0.05) is 14.2 Å². The zero-order valence-corrected chi connectivity index (χ0v) is 13.9. The minimum Gasteiger partial charge on any atom is -0.398 e. The van der Waals surface area contributed by atoms with Crippen molar-refractivity contribution in [3.8, 4) is 0 Å². The average Bonchev–Trinajstić information content (AvgIpc) is 3.10. The van der Waals surface area contributed by atoms with Gasteiger partial charge in [0.25, 0.3) is 0 Å². The molecule has 0 saturated carbocycles. The predicted molar refractivity (Wildman–Crippen MR) is 78.2 cm³/mol. The van der Waals surface area contributed by atoms with Crippen molar-refractivity contribution in [2.24, 2.45) is 0 Å². The molecule has 0 amide bonds. The van der Waals surface area contributed by atoms with Crippen LogP contribution in [0, 0.1) is 0 Å². The summed E-state index contributed by atoms with van der Waals surface area (Å²) in [5.74, 6) is 0. The predicted octanol–water partition coefficient (Wildman–Crippen LogP) is 3.72. The van der Waals surface area contributed by atoms with Crippen molar-refractivity contribution in [2.75, 3.05) is 14.2 Å². The van der Waals surface area contributed by atoms with Crippen molar-refractivity contribution in [3.63, 3.8) is 0 Å². The summed E-state index contributed by atoms with van der Waals surface area (Å²) < 4.78 is 10.8. The zero-order valence-electron chi connectivity index (χ0n) is 11.8. The summed E-state index contributed by atoms with van der Waals surface area (Å²) in [6.45, 7) is 2.09. The number of aryl methyl sites for hydroxylation is 1. The molecule has 0 aliphatic carbocycles. The molecule has 0 N–H and O–H groups in total. The normalized spacial score (nSPS) is 10.3. The second kappa shape index (κ2) is 10.2. The van der Waals surface area contributed by atoms with E-state index < -0.39 is 8.56 Å². The van der Waals surface area contributed by atoms with Crippen LogP contribution in [0.1, 0.15) is 5.56 Å². The molecule has 2 nitrogen and oxygen atoms in total. The van der Waals surface area contributed by atoms with E-state index in [0.29, 0.717) is 0 Å². The topological polar surface area (TPSA) is 18.5 Å². The molecular formula is C15H22FeO2Si. The summed E-state index contributed by atoms with van der Waals surface area (Å²) >= 11 is 0. The Morgan fingerprint density at radius 1 is 1.00 bits per heavy atom. The van der Waals surface area contributed by atoms with Crippen LogP contribution in [0.5, 0.6) is 0 Å². The number of rotatable bonds is 5. The minimum atomic E-state index is -1.85. The van der Waals surface area contributed by atoms with Gasteiger partial charge in [-0.1, -0.05) is 6.42 Å². The summed E-state index contributed by atoms with van der Waals surface area (Å²) in [6.07, 6.45) is 1.05. The second-order valence-corrected chi connectivity index (χ2v) is 7.88. The first kappa shape index (κ1) is 18.4. The van der Waals surface area contributed by atoms with Gasteiger partial charge in [-0.15, -0.1) is 0 Å². The Balaban J connectivity index is 0.000000454. The number of hydrogen-bond acceptors (Lipinski definition) is 2. The summed E-state index contributed by atoms with van der Waals surface area (Å²) in [5.41, 5.74) is 1.37. The molecule has 0 atom stereocenters. The molecule has 0 heterocycles. The summed E-state index contributed by atoms with van der Waals surface area (Å²) in [7, 11) is 1.62. The molecule has 4 heteroatoms. The van der Waals surface area contributed by atoms with Gasteiger partial charge in [0.2, 0.25) is 0 Å². The maximum Gasteiger partial charge on any atom is 2.00 e. The van der Waals surface area contributed by atoms with Gasteiger partial charge >= 0.3 is 25.6 Å². The smallest absolute Gasteiger partial charge is 0.398 e. The van der Waals surface area contributed by atoms with E-state index in [1.54, 1.807) is 14.2 Å². The van der Waals surface area contributed by atoms with Gasteiger partial charge in [-0.2, -0.15) is 35.9 Å². The van der Waals surface area contributed by atoms with Crippen LogP contribution in [0.3, 0.4) is 0 Å². The van der Waals surface area contributed by atoms with Crippen molar-refractivity contribution in [2.45, 2.75) is 19.0 Å². The quantitative estimate of drug-likeness (QED) is 0.618. The molecular weight excluding hydrogens is 296 g/mol. The first-order valence-electron chi connectivity index (χ1n) is 6.18. The molecule has 2 rings (SSSR count). The third kappa shape index (κ3) is 7.50. The van der Waals surface area contributed by atoms with E-state index in [9.17, 15) is 0 Å². The standard InChI is InChI=1S/C10H17O2Si.C5H5.Fe/c1-11-13(3,12-2)9-8-10-6-4-5-7-10;1-2-4-5-3-1;/h4-7H,8-9H2,1-3H3;1-5H;/q2*-1;+2. The molecule has 0 unspecified atom stereocenters. The molecule has 0 bridgehead atoms. The Labute approximate surface area is 128 Å². The van der Waals surface area contributed by atoms with E-state index >= 15 is 0 Å². The van der Waals surface area contributed by atoms with Gasteiger partial charge in [0.15, 0.2) is 0 Å². The third-order valence-corrected chi connectivity index (χ3v) is 5.90. The van der Waals surface area contributed by atoms with Gasteiger partial charge in [0.1, 0.15) is 0 Å². The molecule has 0 aliphatic rings. The van der Waals surface area contributed by atoms with Crippen molar-refractivity contribution in [1.29, 1.82) is 0 Å². The Morgan fingerprint density at radius 3 is 1.89 bits per heavy atom. The van der Waals surface area contributed by atoms with E-state index in [2.05, 4.69) is 30.8 Å². The van der Waals surface area contributed by atoms with Gasteiger partial charge in [-0.25, -0.2) is 24.3 Å². The summed E-state index contributed by atoms with van der Waals surface area (Å²) in [5, 5.41) is 0. The second-order valence-electron chi connectivity index (χ2n) is 4.30. The van der Waals surface area contributed by atoms with E-state index in [1.165, 1.54) is 5.56 Å². The molecule has 0 saturated heterocycles. The van der Waals surface area contributed by atoms with Gasteiger partial charge in [0.05, 0.1) is 0 Å². The van der Waals surface area contributed by atoms with Crippen LogP contribution < -0.4 is 0 Å². The van der Waals surface area contributed by atoms with Crippen molar-refractivity contribution < 1.29 is 25.9 Å². The fraction of sp³-hybridized carbons (Fsp3) is 0.333. The van der Waals surface area contributed by atoms with Gasteiger partial charge in [-0.05, 0) is 12.6 Å². The van der Waals surface area contributed by atoms with Crippen LogP contribution in [0.4, 0.5) is 0 Å². The first-order chi connectivity index (χ1) is 8.70. The van der Waals surface area contributed by atoms with Crippen molar-refractivity contribution >= 4 is 8.56 Å². The fourth-order valence-electron chi connectivity index (χ4n) is 1.56. The summed E-state index contributed by atoms with van der Waals surface area (Å²) in [4.78, 5) is 0. The molecule has 0 aromatic heterocycles. The molecule has 0 spiro atoms. The monoisotopic (exact) mass is 318 g/mol. The van der Waals surface area contributed by atoms with Gasteiger partial charge < -0.3 is 8.85 Å². The maximum atomic E-state index is 5.40. The van der Waals surface area contributed by atoms with E-state index in [1.807, 2.05) is 30.3 Å². The van der Waals surface area contributed by atoms with Crippen LogP contribution in [0.25, 0.3) is 0 Å². The van der Waals surface area contributed by atoms with Crippen LogP contribution in [-0.2, 0) is 32.3 Å². The van der Waals surface area contributed by atoms with Crippen molar-refractivity contribution in [1.82, 2.24) is 0 Å². The fourth-order valence-corrected chi connectivity index (χ4v) is 2.88. The Morgan fingerprint density at radius 2 is 1.53 bits per heavy atom. The van der Waals surface area contributed by atoms with Crippen LogP contribution >= 0.6 is 0 Å². The van der Waals surface area contributed by atoms with Crippen LogP contribution in [0.2, 0.25) is 12.6 Å². The van der Waals surface area contributed by atoms with Crippen LogP contribution in [0.15, 0.2) is 54.6 Å². The largest absolute Gasteiger partial charge is 2.00 e. The molecule has 0 fully saturated rings.